The summed E-state index contributed by atoms with van der Waals surface area (Å²) < 4.78 is 16.2. The van der Waals surface area contributed by atoms with E-state index >= 15 is 0 Å². The SMILES string of the molecule is COc1ccc(-c2noc(CN3CCCC(C(=O)NCc4ccc(N5CCCC5)cc4)C3)n2)cc1OC. The third kappa shape index (κ3) is 6.05. The van der Waals surface area contributed by atoms with Gasteiger partial charge in [-0.2, -0.15) is 4.98 Å². The molecule has 1 N–H and O–H groups in total. The maximum absolute atomic E-state index is 12.9. The number of benzene rings is 2. The highest BCUT2D eigenvalue weighted by atomic mass is 16.5. The molecule has 5 rings (SSSR count). The van der Waals surface area contributed by atoms with Gasteiger partial charge in [0.1, 0.15) is 0 Å². The Hall–Kier alpha value is -3.59. The first-order valence-electron chi connectivity index (χ1n) is 13.0. The Morgan fingerprint density at radius 2 is 1.81 bits per heavy atom. The average molecular weight is 506 g/mol. The number of amides is 1. The molecular formula is C28H35N5O4. The van der Waals surface area contributed by atoms with Crippen molar-refractivity contribution in [1.29, 1.82) is 0 Å². The van der Waals surface area contributed by atoms with Crippen molar-refractivity contribution in [2.75, 3.05) is 45.3 Å². The van der Waals surface area contributed by atoms with Crippen molar-refractivity contribution in [2.45, 2.75) is 38.8 Å². The first kappa shape index (κ1) is 25.1. The Bertz CT molecular complexity index is 1190. The molecule has 1 unspecified atom stereocenters. The van der Waals surface area contributed by atoms with Gasteiger partial charge in [-0.05, 0) is 68.1 Å². The summed E-state index contributed by atoms with van der Waals surface area (Å²) in [5.74, 6) is 2.34. The van der Waals surface area contributed by atoms with Crippen LogP contribution in [-0.4, -0.2) is 61.3 Å². The van der Waals surface area contributed by atoms with E-state index in [1.54, 1.807) is 14.2 Å². The van der Waals surface area contributed by atoms with E-state index in [-0.39, 0.29) is 11.8 Å². The van der Waals surface area contributed by atoms with E-state index in [2.05, 4.69) is 49.5 Å². The van der Waals surface area contributed by atoms with Gasteiger partial charge in [-0.3, -0.25) is 9.69 Å². The summed E-state index contributed by atoms with van der Waals surface area (Å²) in [7, 11) is 3.19. The number of rotatable bonds is 9. The van der Waals surface area contributed by atoms with E-state index < -0.39 is 0 Å². The lowest BCUT2D eigenvalue weighted by atomic mass is 9.97. The smallest absolute Gasteiger partial charge is 0.241 e. The lowest BCUT2D eigenvalue weighted by Gasteiger charge is -2.30. The molecule has 2 aliphatic heterocycles. The molecule has 2 aliphatic rings. The van der Waals surface area contributed by atoms with E-state index in [1.165, 1.54) is 18.5 Å². The molecule has 1 aromatic heterocycles. The summed E-state index contributed by atoms with van der Waals surface area (Å²) in [4.78, 5) is 22.1. The maximum Gasteiger partial charge on any atom is 0.241 e. The minimum Gasteiger partial charge on any atom is -0.493 e. The molecule has 37 heavy (non-hydrogen) atoms. The van der Waals surface area contributed by atoms with Gasteiger partial charge >= 0.3 is 0 Å². The monoisotopic (exact) mass is 505 g/mol. The molecule has 9 heteroatoms. The zero-order valence-electron chi connectivity index (χ0n) is 21.6. The molecule has 1 atom stereocenters. The summed E-state index contributed by atoms with van der Waals surface area (Å²) in [6.07, 6.45) is 4.37. The van der Waals surface area contributed by atoms with E-state index in [0.717, 1.165) is 43.6 Å². The molecular weight excluding hydrogens is 470 g/mol. The lowest BCUT2D eigenvalue weighted by molar-refractivity contribution is -0.127. The normalized spacial score (nSPS) is 18.1. The molecule has 0 saturated carbocycles. The standard InChI is InChI=1S/C28H35N5O4/c1-35-24-12-9-21(16-25(24)36-2)27-30-26(37-31-27)19-32-13-5-6-22(18-32)28(34)29-17-20-7-10-23(11-8-20)33-14-3-4-15-33/h7-12,16,22H,3-6,13-15,17-19H2,1-2H3,(H,29,34). The summed E-state index contributed by atoms with van der Waals surface area (Å²) in [6, 6.07) is 14.1. The fourth-order valence-corrected chi connectivity index (χ4v) is 5.15. The first-order valence-corrected chi connectivity index (χ1v) is 13.0. The number of ether oxygens (including phenoxy) is 2. The minimum absolute atomic E-state index is 0.0501. The number of carbonyl (C=O) groups is 1. The van der Waals surface area contributed by atoms with Crippen LogP contribution in [0.2, 0.25) is 0 Å². The van der Waals surface area contributed by atoms with Crippen molar-refractivity contribution in [3.8, 4) is 22.9 Å². The lowest BCUT2D eigenvalue weighted by Crippen LogP contribution is -2.42. The number of nitrogens with zero attached hydrogens (tertiary/aromatic N) is 4. The van der Waals surface area contributed by atoms with Crippen molar-refractivity contribution in [3.05, 3.63) is 53.9 Å². The molecule has 2 aromatic carbocycles. The third-order valence-electron chi connectivity index (χ3n) is 7.22. The zero-order chi connectivity index (χ0) is 25.6. The Balaban J connectivity index is 1.13. The number of anilines is 1. The van der Waals surface area contributed by atoms with Crippen molar-refractivity contribution < 1.29 is 18.8 Å². The van der Waals surface area contributed by atoms with Crippen LogP contribution >= 0.6 is 0 Å². The molecule has 3 aromatic rings. The molecule has 0 aliphatic carbocycles. The topological polar surface area (TPSA) is 93.0 Å². The summed E-state index contributed by atoms with van der Waals surface area (Å²) >= 11 is 0. The molecule has 2 fully saturated rings. The zero-order valence-corrected chi connectivity index (χ0v) is 21.6. The fraction of sp³-hybridized carbons (Fsp3) is 0.464. The summed E-state index contributed by atoms with van der Waals surface area (Å²) in [6.45, 7) is 4.91. The largest absolute Gasteiger partial charge is 0.493 e. The quantitative estimate of drug-likeness (QED) is 0.468. The Morgan fingerprint density at radius 1 is 1.03 bits per heavy atom. The van der Waals surface area contributed by atoms with Gasteiger partial charge < -0.3 is 24.2 Å². The van der Waals surface area contributed by atoms with Gasteiger partial charge in [-0.15, -0.1) is 0 Å². The number of methoxy groups -OCH3 is 2. The summed E-state index contributed by atoms with van der Waals surface area (Å²) in [5.41, 5.74) is 3.18. The number of nitrogens with one attached hydrogen (secondary N) is 1. The van der Waals surface area contributed by atoms with Crippen LogP contribution in [0.1, 0.15) is 37.1 Å². The van der Waals surface area contributed by atoms with Crippen LogP contribution in [0.5, 0.6) is 11.5 Å². The van der Waals surface area contributed by atoms with Crippen LogP contribution < -0.4 is 19.7 Å². The van der Waals surface area contributed by atoms with Crippen LogP contribution in [-0.2, 0) is 17.9 Å². The van der Waals surface area contributed by atoms with Crippen LogP contribution in [0.4, 0.5) is 5.69 Å². The number of likely N-dealkylation sites (tertiary alicyclic amines) is 1. The Labute approximate surface area is 217 Å². The average Bonchev–Trinajstić information content (AvgIpc) is 3.65. The number of aromatic nitrogens is 2. The van der Waals surface area contributed by atoms with Gasteiger partial charge in [-0.25, -0.2) is 0 Å². The van der Waals surface area contributed by atoms with Crippen LogP contribution in [0.15, 0.2) is 47.0 Å². The highest BCUT2D eigenvalue weighted by Gasteiger charge is 2.27. The highest BCUT2D eigenvalue weighted by Crippen LogP contribution is 2.31. The highest BCUT2D eigenvalue weighted by molar-refractivity contribution is 5.79. The molecule has 1 amide bonds. The molecule has 196 valence electrons. The van der Waals surface area contributed by atoms with E-state index in [0.29, 0.717) is 42.8 Å². The van der Waals surface area contributed by atoms with Crippen LogP contribution in [0.25, 0.3) is 11.4 Å². The molecule has 2 saturated heterocycles. The molecule has 0 radical (unpaired) electrons. The number of piperidine rings is 1. The van der Waals surface area contributed by atoms with Gasteiger partial charge in [0.05, 0.1) is 26.7 Å². The number of hydrogen-bond acceptors (Lipinski definition) is 8. The van der Waals surface area contributed by atoms with Crippen LogP contribution in [0.3, 0.4) is 0 Å². The minimum atomic E-state index is -0.0501. The maximum atomic E-state index is 12.9. The van der Waals surface area contributed by atoms with E-state index in [1.807, 2.05) is 18.2 Å². The van der Waals surface area contributed by atoms with E-state index in [4.69, 9.17) is 14.0 Å². The molecule has 0 spiro atoms. The van der Waals surface area contributed by atoms with Gasteiger partial charge in [0.2, 0.25) is 17.6 Å². The predicted molar refractivity (Wildman–Crippen MR) is 141 cm³/mol. The fourth-order valence-electron chi connectivity index (χ4n) is 5.15. The number of hydrogen-bond donors (Lipinski definition) is 1. The second-order valence-corrected chi connectivity index (χ2v) is 9.73. The Kier molecular flexibility index (Phi) is 7.89. The second-order valence-electron chi connectivity index (χ2n) is 9.73. The Morgan fingerprint density at radius 3 is 2.57 bits per heavy atom. The summed E-state index contributed by atoms with van der Waals surface area (Å²) in [5, 5.41) is 7.27. The van der Waals surface area contributed by atoms with Gasteiger partial charge in [0.15, 0.2) is 11.5 Å². The van der Waals surface area contributed by atoms with Crippen molar-refractivity contribution >= 4 is 11.6 Å². The second kappa shape index (κ2) is 11.6. The molecule has 9 nitrogen and oxygen atoms in total. The molecule has 3 heterocycles. The third-order valence-corrected chi connectivity index (χ3v) is 7.22. The van der Waals surface area contributed by atoms with Crippen LogP contribution in [0, 0.1) is 5.92 Å². The van der Waals surface area contributed by atoms with Gasteiger partial charge in [0, 0.05) is 37.4 Å². The van der Waals surface area contributed by atoms with Crippen molar-refractivity contribution in [1.82, 2.24) is 20.4 Å². The van der Waals surface area contributed by atoms with Crippen molar-refractivity contribution in [2.24, 2.45) is 5.92 Å². The van der Waals surface area contributed by atoms with Crippen molar-refractivity contribution in [3.63, 3.8) is 0 Å². The number of carbonyl (C=O) groups excluding carboxylic acids is 1. The van der Waals surface area contributed by atoms with E-state index in [9.17, 15) is 4.79 Å². The predicted octanol–water partition coefficient (Wildman–Crippen LogP) is 3.88. The molecule has 0 bridgehead atoms. The van der Waals surface area contributed by atoms with Gasteiger partial charge in [0.25, 0.3) is 0 Å². The first-order chi connectivity index (χ1) is 18.1. The van der Waals surface area contributed by atoms with Gasteiger partial charge in [-0.1, -0.05) is 17.3 Å².